The fourth-order valence-corrected chi connectivity index (χ4v) is 12.6. The third-order valence-electron chi connectivity index (χ3n) is 15.6. The van der Waals surface area contributed by atoms with Gasteiger partial charge in [-0.15, -0.1) is 0 Å². The smallest absolute Gasteiger partial charge is 0.188 e. The van der Waals surface area contributed by atoms with Crippen LogP contribution in [0.25, 0.3) is 110 Å². The van der Waals surface area contributed by atoms with Crippen LogP contribution in [0.15, 0.2) is 231 Å². The molecule has 0 saturated heterocycles. The molecule has 5 aromatic heterocycles. The Bertz CT molecular complexity index is 4700. The van der Waals surface area contributed by atoms with Crippen molar-refractivity contribution in [1.82, 2.24) is 23.7 Å². The molecular weight excluding hydrogens is 893 g/mol. The maximum Gasteiger partial charge on any atom is 0.188 e. The van der Waals surface area contributed by atoms with Gasteiger partial charge in [0.15, 0.2) is 5.69 Å². The molecular formula is C66H38N6O. The first-order chi connectivity index (χ1) is 36.2. The van der Waals surface area contributed by atoms with Crippen LogP contribution in [0.5, 0.6) is 11.5 Å². The molecule has 1 atom stereocenters. The van der Waals surface area contributed by atoms with Crippen molar-refractivity contribution in [3.63, 3.8) is 0 Å². The van der Waals surface area contributed by atoms with E-state index < -0.39 is 5.41 Å². The van der Waals surface area contributed by atoms with Crippen LogP contribution in [-0.2, 0) is 5.41 Å². The van der Waals surface area contributed by atoms with Gasteiger partial charge in [-0.3, -0.25) is 9.97 Å². The van der Waals surface area contributed by atoms with Crippen molar-refractivity contribution < 1.29 is 4.74 Å². The Morgan fingerprint density at radius 2 is 0.890 bits per heavy atom. The predicted molar refractivity (Wildman–Crippen MR) is 294 cm³/mol. The van der Waals surface area contributed by atoms with Gasteiger partial charge in [-0.2, -0.15) is 0 Å². The predicted octanol–water partition coefficient (Wildman–Crippen LogP) is 16.5. The van der Waals surface area contributed by atoms with Gasteiger partial charge in [0, 0.05) is 61.2 Å². The van der Waals surface area contributed by atoms with Gasteiger partial charge in [-0.1, -0.05) is 127 Å². The third-order valence-corrected chi connectivity index (χ3v) is 15.6. The van der Waals surface area contributed by atoms with Crippen LogP contribution in [0.2, 0.25) is 0 Å². The van der Waals surface area contributed by atoms with E-state index >= 15 is 0 Å². The van der Waals surface area contributed by atoms with Gasteiger partial charge in [0.2, 0.25) is 0 Å². The highest BCUT2D eigenvalue weighted by molar-refractivity contribution is 6.12. The summed E-state index contributed by atoms with van der Waals surface area (Å²) in [4.78, 5) is 14.1. The molecule has 73 heavy (non-hydrogen) atoms. The molecule has 1 spiro atoms. The second-order valence-corrected chi connectivity index (χ2v) is 19.2. The van der Waals surface area contributed by atoms with E-state index in [0.717, 1.165) is 106 Å². The van der Waals surface area contributed by atoms with E-state index in [-0.39, 0.29) is 0 Å². The van der Waals surface area contributed by atoms with Crippen molar-refractivity contribution in [3.8, 4) is 51.1 Å². The van der Waals surface area contributed by atoms with Crippen molar-refractivity contribution in [3.05, 3.63) is 264 Å². The minimum absolute atomic E-state index is 0.613. The Morgan fingerprint density at radius 3 is 1.58 bits per heavy atom. The van der Waals surface area contributed by atoms with Crippen LogP contribution < -0.4 is 4.74 Å². The Hall–Kier alpha value is -10.0. The largest absolute Gasteiger partial charge is 0.457 e. The Kier molecular flexibility index (Phi) is 8.04. The molecule has 1 unspecified atom stereocenters. The molecule has 0 bridgehead atoms. The average molecular weight is 931 g/mol. The summed E-state index contributed by atoms with van der Waals surface area (Å²) in [5.74, 6) is 1.59. The lowest BCUT2D eigenvalue weighted by atomic mass is 9.66. The summed E-state index contributed by atoms with van der Waals surface area (Å²) in [6, 6.07) is 77.9. The van der Waals surface area contributed by atoms with Crippen molar-refractivity contribution in [2.75, 3.05) is 0 Å². The fourth-order valence-electron chi connectivity index (χ4n) is 12.6. The second kappa shape index (κ2) is 14.8. The number of hydrogen-bond acceptors (Lipinski definition) is 3. The highest BCUT2D eigenvalue weighted by Crippen LogP contribution is 2.62. The lowest BCUT2D eigenvalue weighted by Crippen LogP contribution is -2.32. The van der Waals surface area contributed by atoms with Crippen LogP contribution in [0.3, 0.4) is 0 Å². The van der Waals surface area contributed by atoms with E-state index in [2.05, 4.69) is 213 Å². The SMILES string of the molecule is [C-]#[N+]c1ccc2c(c1)c1ccccc1n2-c1cnc2c(c1)C1(c3ccccc3Oc3cc(-c4ccc5c(c4)c4ccccc4n5-c4cccc(-n5c6ccccc6c6ccccc65)c4)ccc31)c1cccnc1-2. The standard InChI is InChI=1S/C66H38N6O/c1-67-42-29-32-61-51(36-42)49-19-5-10-25-59(49)72(61)45-38-55-65(69-39-45)64-54(21-13-33-68-64)66(55)52-20-6-11-26-62(52)73-63-35-41(27-30-53(63)66)40-28-31-60-50(34-40)48-18-4-9-24-58(48)71(60)44-15-12-14-43(37-44)70-56-22-7-2-16-46(56)47-17-3-8-23-57(47)70/h2-39H. The summed E-state index contributed by atoms with van der Waals surface area (Å²) in [6.07, 6.45) is 3.83. The Labute approximate surface area is 418 Å². The van der Waals surface area contributed by atoms with E-state index in [1.165, 1.54) is 32.6 Å². The van der Waals surface area contributed by atoms with Gasteiger partial charge < -0.3 is 18.4 Å². The van der Waals surface area contributed by atoms with Gasteiger partial charge in [0.05, 0.1) is 68.4 Å². The topological polar surface area (TPSA) is 54.2 Å². The average Bonchev–Trinajstić information content (AvgIpc) is 4.17. The van der Waals surface area contributed by atoms with Gasteiger partial charge in [0.25, 0.3) is 0 Å². The molecule has 0 fully saturated rings. The normalized spacial score (nSPS) is 14.5. The highest BCUT2D eigenvalue weighted by atomic mass is 16.5. The molecule has 1 aliphatic heterocycles. The van der Waals surface area contributed by atoms with Crippen molar-refractivity contribution in [1.29, 1.82) is 0 Å². The number of ether oxygens (including phenoxy) is 1. The summed E-state index contributed by atoms with van der Waals surface area (Å²) in [7, 11) is 0. The van der Waals surface area contributed by atoms with Crippen LogP contribution in [0, 0.1) is 6.57 Å². The second-order valence-electron chi connectivity index (χ2n) is 19.2. The number of rotatable bonds is 4. The lowest BCUT2D eigenvalue weighted by Gasteiger charge is -2.39. The maximum atomic E-state index is 7.78. The molecule has 1 aliphatic carbocycles. The van der Waals surface area contributed by atoms with Gasteiger partial charge >= 0.3 is 0 Å². The third kappa shape index (κ3) is 5.36. The molecule has 0 saturated carbocycles. The maximum absolute atomic E-state index is 7.78. The molecule has 338 valence electrons. The molecule has 7 nitrogen and oxygen atoms in total. The minimum atomic E-state index is -0.786. The molecule has 14 aromatic rings. The first-order valence-electron chi connectivity index (χ1n) is 24.6. The van der Waals surface area contributed by atoms with Gasteiger partial charge in [-0.25, -0.2) is 4.85 Å². The van der Waals surface area contributed by atoms with Crippen LogP contribution in [-0.4, -0.2) is 23.7 Å². The summed E-state index contributed by atoms with van der Waals surface area (Å²) < 4.78 is 14.1. The minimum Gasteiger partial charge on any atom is -0.457 e. The van der Waals surface area contributed by atoms with E-state index in [9.17, 15) is 0 Å². The lowest BCUT2D eigenvalue weighted by molar-refractivity contribution is 0.436. The zero-order valence-electron chi connectivity index (χ0n) is 39.0. The van der Waals surface area contributed by atoms with E-state index in [1.54, 1.807) is 0 Å². The molecule has 16 rings (SSSR count). The van der Waals surface area contributed by atoms with Crippen LogP contribution in [0.4, 0.5) is 5.69 Å². The summed E-state index contributed by atoms with van der Waals surface area (Å²) in [5, 5.41) is 6.97. The molecule has 6 heterocycles. The summed E-state index contributed by atoms with van der Waals surface area (Å²) in [5.41, 5.74) is 17.8. The molecule has 0 amide bonds. The molecule has 9 aromatic carbocycles. The molecule has 7 heteroatoms. The van der Waals surface area contributed by atoms with Gasteiger partial charge in [-0.05, 0) is 113 Å². The fraction of sp³-hybridized carbons (Fsp3) is 0.0152. The number of nitrogens with zero attached hydrogens (tertiary/aromatic N) is 6. The molecule has 2 aliphatic rings. The summed E-state index contributed by atoms with van der Waals surface area (Å²) in [6.45, 7) is 7.78. The zero-order valence-corrected chi connectivity index (χ0v) is 39.0. The van der Waals surface area contributed by atoms with Crippen molar-refractivity contribution >= 4 is 71.1 Å². The summed E-state index contributed by atoms with van der Waals surface area (Å²) >= 11 is 0. The van der Waals surface area contributed by atoms with E-state index in [0.29, 0.717) is 5.69 Å². The Morgan fingerprint density at radius 1 is 0.370 bits per heavy atom. The van der Waals surface area contributed by atoms with E-state index in [1.807, 2.05) is 36.7 Å². The number of aromatic nitrogens is 5. The zero-order chi connectivity index (χ0) is 47.9. The quantitative estimate of drug-likeness (QED) is 0.165. The van der Waals surface area contributed by atoms with Crippen molar-refractivity contribution in [2.45, 2.75) is 5.41 Å². The number of fused-ring (bicyclic) bond motifs is 18. The number of para-hydroxylation sites is 5. The number of benzene rings is 9. The van der Waals surface area contributed by atoms with Crippen LogP contribution in [0.1, 0.15) is 22.3 Å². The first kappa shape index (κ1) is 39.8. The van der Waals surface area contributed by atoms with Gasteiger partial charge in [0.1, 0.15) is 11.5 Å². The molecule has 0 radical (unpaired) electrons. The van der Waals surface area contributed by atoms with Crippen LogP contribution >= 0.6 is 0 Å². The van der Waals surface area contributed by atoms with Crippen molar-refractivity contribution in [2.24, 2.45) is 0 Å². The number of hydrogen-bond donors (Lipinski definition) is 0. The first-order valence-corrected chi connectivity index (χ1v) is 24.6. The monoisotopic (exact) mass is 930 g/mol. The van der Waals surface area contributed by atoms with E-state index in [4.69, 9.17) is 21.3 Å². The molecule has 0 N–H and O–H groups in total. The highest BCUT2D eigenvalue weighted by Gasteiger charge is 2.52. The number of pyridine rings is 2. The Balaban J connectivity index is 0.864.